The maximum Gasteiger partial charge on any atom is 0.333 e. The first-order valence-electron chi connectivity index (χ1n) is 13.5. The van der Waals surface area contributed by atoms with Crippen LogP contribution in [0.25, 0.3) is 5.69 Å². The van der Waals surface area contributed by atoms with E-state index >= 15 is 4.39 Å². The Morgan fingerprint density at radius 3 is 2.58 bits per heavy atom. The van der Waals surface area contributed by atoms with Crippen LogP contribution >= 0.6 is 0 Å². The summed E-state index contributed by atoms with van der Waals surface area (Å²) in [4.78, 5) is 46.8. The number of piperidine rings is 1. The number of aromatic nitrogens is 3. The Labute approximate surface area is 245 Å². The van der Waals surface area contributed by atoms with E-state index in [1.807, 2.05) is 0 Å². The van der Waals surface area contributed by atoms with Gasteiger partial charge in [-0.1, -0.05) is 11.8 Å². The van der Waals surface area contributed by atoms with Gasteiger partial charge in [-0.2, -0.15) is 0 Å². The summed E-state index contributed by atoms with van der Waals surface area (Å²) in [7, 11) is 2.10. The van der Waals surface area contributed by atoms with Crippen LogP contribution in [0.1, 0.15) is 35.2 Å². The molecule has 43 heavy (non-hydrogen) atoms. The highest BCUT2D eigenvalue weighted by atomic mass is 19.1. The van der Waals surface area contributed by atoms with Gasteiger partial charge >= 0.3 is 5.69 Å². The number of pyridine rings is 1. The normalized spacial score (nSPS) is 13.7. The number of nitrogens with one attached hydrogen (secondary N) is 2. The molecular formula is C31H28F2N6O4. The summed E-state index contributed by atoms with van der Waals surface area (Å²) >= 11 is 0. The van der Waals surface area contributed by atoms with E-state index < -0.39 is 34.4 Å². The predicted molar refractivity (Wildman–Crippen MR) is 157 cm³/mol. The Kier molecular flexibility index (Phi) is 8.64. The average Bonchev–Trinajstić information content (AvgIpc) is 2.98. The molecule has 0 unspecified atom stereocenters. The first-order valence-corrected chi connectivity index (χ1v) is 13.5. The third-order valence-corrected chi connectivity index (χ3v) is 7.10. The number of benzene rings is 2. The van der Waals surface area contributed by atoms with Gasteiger partial charge in [0, 0.05) is 36.6 Å². The Morgan fingerprint density at radius 2 is 1.86 bits per heavy atom. The van der Waals surface area contributed by atoms with Crippen molar-refractivity contribution < 1.29 is 18.3 Å². The molecule has 10 nitrogen and oxygen atoms in total. The maximum absolute atomic E-state index is 15.1. The van der Waals surface area contributed by atoms with Crippen LogP contribution in [-0.4, -0.2) is 45.5 Å². The van der Waals surface area contributed by atoms with Crippen molar-refractivity contribution in [3.63, 3.8) is 0 Å². The molecule has 5 rings (SSSR count). The van der Waals surface area contributed by atoms with Crippen LogP contribution < -0.4 is 27.0 Å². The molecule has 4 N–H and O–H groups in total. The molecule has 0 aliphatic carbocycles. The minimum absolute atomic E-state index is 0.0289. The molecule has 0 atom stereocenters. The molecule has 0 radical (unpaired) electrons. The molecule has 1 aliphatic heterocycles. The van der Waals surface area contributed by atoms with Crippen molar-refractivity contribution in [3.8, 4) is 29.0 Å². The molecule has 0 bridgehead atoms. The van der Waals surface area contributed by atoms with E-state index in [-0.39, 0.29) is 28.7 Å². The second-order valence-electron chi connectivity index (χ2n) is 10.1. The summed E-state index contributed by atoms with van der Waals surface area (Å²) in [5, 5.41) is 2.44. The molecule has 1 aliphatic rings. The van der Waals surface area contributed by atoms with E-state index in [2.05, 4.69) is 39.1 Å². The van der Waals surface area contributed by atoms with Gasteiger partial charge in [0.15, 0.2) is 11.6 Å². The second-order valence-corrected chi connectivity index (χ2v) is 10.1. The monoisotopic (exact) mass is 586 g/mol. The molecule has 0 saturated carbocycles. The summed E-state index contributed by atoms with van der Waals surface area (Å²) < 4.78 is 34.9. The molecule has 12 heteroatoms. The molecule has 2 aromatic heterocycles. The van der Waals surface area contributed by atoms with Crippen molar-refractivity contribution >= 4 is 17.4 Å². The number of nitrogen functional groups attached to an aromatic ring is 1. The van der Waals surface area contributed by atoms with Gasteiger partial charge in [-0.3, -0.25) is 9.59 Å². The molecule has 220 valence electrons. The number of carbonyl (C=O) groups excluding carboxylic acids is 1. The van der Waals surface area contributed by atoms with Crippen molar-refractivity contribution in [2.45, 2.75) is 19.3 Å². The predicted octanol–water partition coefficient (Wildman–Crippen LogP) is 3.91. The number of amides is 1. The fraction of sp³-hybridized carbons (Fsp3) is 0.226. The zero-order valence-corrected chi connectivity index (χ0v) is 23.2. The molecule has 1 amide bonds. The van der Waals surface area contributed by atoms with Crippen LogP contribution in [0, 0.1) is 29.4 Å². The molecule has 0 spiro atoms. The van der Waals surface area contributed by atoms with Crippen molar-refractivity contribution in [2.24, 2.45) is 5.92 Å². The van der Waals surface area contributed by atoms with E-state index in [0.29, 0.717) is 22.5 Å². The van der Waals surface area contributed by atoms with E-state index in [0.717, 1.165) is 50.3 Å². The number of ether oxygens (including phenoxy) is 1. The van der Waals surface area contributed by atoms with Gasteiger partial charge in [0.2, 0.25) is 0 Å². The highest BCUT2D eigenvalue weighted by Gasteiger charge is 2.18. The lowest BCUT2D eigenvalue weighted by Crippen LogP contribution is -2.38. The Hall–Kier alpha value is -5.28. The topological polar surface area (TPSA) is 135 Å². The Balaban J connectivity index is 1.31. The molecule has 2 aromatic carbocycles. The summed E-state index contributed by atoms with van der Waals surface area (Å²) in [5.74, 6) is 4.67. The minimum atomic E-state index is -0.937. The van der Waals surface area contributed by atoms with Gasteiger partial charge in [-0.25, -0.2) is 23.1 Å². The first kappa shape index (κ1) is 29.2. The number of aromatic amines is 1. The van der Waals surface area contributed by atoms with Crippen molar-refractivity contribution in [3.05, 3.63) is 105 Å². The smallest absolute Gasteiger partial charge is 0.333 e. The molecule has 1 fully saturated rings. The quantitative estimate of drug-likeness (QED) is 0.292. The zero-order valence-electron chi connectivity index (χ0n) is 23.2. The van der Waals surface area contributed by atoms with Gasteiger partial charge < -0.3 is 25.7 Å². The number of anilines is 2. The lowest BCUT2D eigenvalue weighted by Gasteiger charge is -2.27. The van der Waals surface area contributed by atoms with Gasteiger partial charge in [-0.05, 0) is 75.3 Å². The third kappa shape index (κ3) is 6.79. The molecule has 3 heterocycles. The number of nitrogens with two attached hydrogens (primary N) is 1. The van der Waals surface area contributed by atoms with E-state index in [4.69, 9.17) is 10.5 Å². The fourth-order valence-corrected chi connectivity index (χ4v) is 4.66. The van der Waals surface area contributed by atoms with Crippen LogP contribution in [0.5, 0.6) is 11.5 Å². The lowest BCUT2D eigenvalue weighted by molar-refractivity contribution is 0.102. The highest BCUT2D eigenvalue weighted by molar-refractivity contribution is 6.03. The van der Waals surface area contributed by atoms with Crippen LogP contribution in [0.4, 0.5) is 20.3 Å². The number of hydrogen-bond acceptors (Lipinski definition) is 7. The van der Waals surface area contributed by atoms with Gasteiger partial charge in [0.05, 0.1) is 5.69 Å². The van der Waals surface area contributed by atoms with Gasteiger partial charge in [0.25, 0.3) is 11.5 Å². The van der Waals surface area contributed by atoms with Crippen molar-refractivity contribution in [1.29, 1.82) is 0 Å². The van der Waals surface area contributed by atoms with E-state index in [1.54, 1.807) is 0 Å². The Bertz CT molecular complexity index is 1830. The fourth-order valence-electron chi connectivity index (χ4n) is 4.66. The van der Waals surface area contributed by atoms with Gasteiger partial charge in [0.1, 0.15) is 28.5 Å². The summed E-state index contributed by atoms with van der Waals surface area (Å²) in [6.45, 7) is 2.06. The molecule has 4 aromatic rings. The Morgan fingerprint density at radius 1 is 1.12 bits per heavy atom. The van der Waals surface area contributed by atoms with Crippen molar-refractivity contribution in [1.82, 2.24) is 19.4 Å². The van der Waals surface area contributed by atoms with E-state index in [1.165, 1.54) is 36.5 Å². The van der Waals surface area contributed by atoms with Crippen LogP contribution in [-0.2, 0) is 0 Å². The van der Waals surface area contributed by atoms with Crippen LogP contribution in [0.2, 0.25) is 0 Å². The van der Waals surface area contributed by atoms with Crippen LogP contribution in [0.3, 0.4) is 0 Å². The standard InChI is InChI=1S/C31H28F2N6O4/c1-38-15-12-19(13-16-38)3-2-4-23-26(11-14-35-28(23)34)43-27-10-7-21(17-25(27)33)37-29(40)24-18-36-31(42)39(30(24)41)22-8-5-20(32)6-9-22/h5-11,14,17-19H,3,12-13,15-16H2,1H3,(H2,34,35)(H,36,42)(H,37,40). The molecular weight excluding hydrogens is 558 g/mol. The minimum Gasteiger partial charge on any atom is -0.453 e. The zero-order chi connectivity index (χ0) is 30.5. The third-order valence-electron chi connectivity index (χ3n) is 7.10. The van der Waals surface area contributed by atoms with Crippen molar-refractivity contribution in [2.75, 3.05) is 31.2 Å². The average molecular weight is 587 g/mol. The maximum atomic E-state index is 15.1. The number of H-pyrrole nitrogens is 1. The van der Waals surface area contributed by atoms with Crippen LogP contribution in [0.15, 0.2) is 70.5 Å². The largest absolute Gasteiger partial charge is 0.453 e. The second kappa shape index (κ2) is 12.7. The number of likely N-dealkylation sites (tertiary alicyclic amines) is 1. The lowest BCUT2D eigenvalue weighted by atomic mass is 9.94. The SMILES string of the molecule is CN1CCC(CC#Cc2c(Oc3ccc(NC(=O)c4c[nH]c(=O)n(-c5ccc(F)cc5)c4=O)cc3F)ccnc2N)CC1. The number of hydrogen-bond donors (Lipinski definition) is 3. The highest BCUT2D eigenvalue weighted by Crippen LogP contribution is 2.31. The molecule has 1 saturated heterocycles. The number of halogens is 2. The summed E-state index contributed by atoms with van der Waals surface area (Å²) in [5.41, 5.74) is 4.33. The van der Waals surface area contributed by atoms with Gasteiger partial charge in [-0.15, -0.1) is 0 Å². The first-order chi connectivity index (χ1) is 20.7. The number of carbonyl (C=O) groups is 1. The number of nitrogens with zero attached hydrogens (tertiary/aromatic N) is 3. The number of rotatable bonds is 6. The van der Waals surface area contributed by atoms with E-state index in [9.17, 15) is 18.8 Å². The summed E-state index contributed by atoms with van der Waals surface area (Å²) in [6, 6.07) is 9.85. The summed E-state index contributed by atoms with van der Waals surface area (Å²) in [6.07, 6.45) is 5.23.